The van der Waals surface area contributed by atoms with Gasteiger partial charge in [-0.3, -0.25) is 9.78 Å². The quantitative estimate of drug-likeness (QED) is 0.627. The predicted molar refractivity (Wildman–Crippen MR) is 93.2 cm³/mol. The molecule has 0 aliphatic carbocycles. The van der Waals surface area contributed by atoms with Crippen LogP contribution in [0.3, 0.4) is 0 Å². The molecule has 0 aliphatic rings. The number of para-hydroxylation sites is 1. The van der Waals surface area contributed by atoms with Crippen LogP contribution in [0.4, 0.5) is 5.95 Å². The SMILES string of the molecule is CCN(CC)c1nc2ccc3c4ccccc4oc3c2c(=O)[nH]1. The summed E-state index contributed by atoms with van der Waals surface area (Å²) in [6.45, 7) is 5.65. The van der Waals surface area contributed by atoms with Crippen LogP contribution in [0.5, 0.6) is 0 Å². The minimum Gasteiger partial charge on any atom is -0.455 e. The number of nitrogens with zero attached hydrogens (tertiary/aromatic N) is 2. The summed E-state index contributed by atoms with van der Waals surface area (Å²) in [7, 11) is 0. The van der Waals surface area contributed by atoms with Gasteiger partial charge in [0.15, 0.2) is 0 Å². The fourth-order valence-electron chi connectivity index (χ4n) is 3.07. The number of aromatic nitrogens is 2. The maximum Gasteiger partial charge on any atom is 0.263 e. The molecule has 116 valence electrons. The van der Waals surface area contributed by atoms with E-state index in [0.29, 0.717) is 22.4 Å². The molecule has 0 atom stereocenters. The molecule has 5 nitrogen and oxygen atoms in total. The Bertz CT molecular complexity index is 1070. The summed E-state index contributed by atoms with van der Waals surface area (Å²) in [4.78, 5) is 22.2. The minimum absolute atomic E-state index is 0.165. The highest BCUT2D eigenvalue weighted by atomic mass is 16.3. The third kappa shape index (κ3) is 2.00. The molecule has 0 amide bonds. The standard InChI is InChI=1S/C18H17N3O2/c1-3-21(4-2)18-19-13-10-9-12-11-7-5-6-8-14(11)23-16(12)15(13)17(22)20-18/h5-10H,3-4H2,1-2H3,(H,19,20,22). The van der Waals surface area contributed by atoms with E-state index in [1.165, 1.54) is 0 Å². The first kappa shape index (κ1) is 13.8. The number of hydrogen-bond acceptors (Lipinski definition) is 4. The highest BCUT2D eigenvalue weighted by Gasteiger charge is 2.15. The van der Waals surface area contributed by atoms with E-state index in [1.807, 2.05) is 55.1 Å². The molecule has 4 aromatic rings. The van der Waals surface area contributed by atoms with Crippen molar-refractivity contribution in [1.82, 2.24) is 9.97 Å². The predicted octanol–water partition coefficient (Wildman–Crippen LogP) is 3.67. The topological polar surface area (TPSA) is 62.1 Å². The molecule has 0 bridgehead atoms. The summed E-state index contributed by atoms with van der Waals surface area (Å²) in [6, 6.07) is 11.7. The zero-order valence-corrected chi connectivity index (χ0v) is 13.1. The van der Waals surface area contributed by atoms with Gasteiger partial charge in [0, 0.05) is 23.9 Å². The fraction of sp³-hybridized carbons (Fsp3) is 0.222. The van der Waals surface area contributed by atoms with Crippen LogP contribution in [-0.4, -0.2) is 23.1 Å². The number of nitrogens with one attached hydrogen (secondary N) is 1. The molecule has 2 aromatic heterocycles. The van der Waals surface area contributed by atoms with E-state index in [9.17, 15) is 4.79 Å². The Morgan fingerprint density at radius 2 is 1.87 bits per heavy atom. The number of furan rings is 1. The van der Waals surface area contributed by atoms with Crippen molar-refractivity contribution >= 4 is 38.8 Å². The van der Waals surface area contributed by atoms with Gasteiger partial charge in [-0.2, -0.15) is 0 Å². The molecular formula is C18H17N3O2. The second-order valence-electron chi connectivity index (χ2n) is 5.50. The largest absolute Gasteiger partial charge is 0.455 e. The van der Waals surface area contributed by atoms with Crippen molar-refractivity contribution in [1.29, 1.82) is 0 Å². The van der Waals surface area contributed by atoms with Gasteiger partial charge in [0.2, 0.25) is 5.95 Å². The van der Waals surface area contributed by atoms with Crippen LogP contribution in [-0.2, 0) is 0 Å². The molecule has 0 saturated heterocycles. The summed E-state index contributed by atoms with van der Waals surface area (Å²) < 4.78 is 5.93. The monoisotopic (exact) mass is 307 g/mol. The van der Waals surface area contributed by atoms with E-state index in [-0.39, 0.29) is 5.56 Å². The number of anilines is 1. The van der Waals surface area contributed by atoms with Crippen molar-refractivity contribution in [2.75, 3.05) is 18.0 Å². The Morgan fingerprint density at radius 1 is 1.09 bits per heavy atom. The number of H-pyrrole nitrogens is 1. The molecule has 0 radical (unpaired) electrons. The number of fused-ring (bicyclic) bond motifs is 5. The van der Waals surface area contributed by atoms with Crippen molar-refractivity contribution < 1.29 is 4.42 Å². The Kier molecular flexibility index (Phi) is 3.08. The summed E-state index contributed by atoms with van der Waals surface area (Å²) in [6.07, 6.45) is 0. The molecule has 0 spiro atoms. The molecule has 1 N–H and O–H groups in total. The number of hydrogen-bond donors (Lipinski definition) is 1. The van der Waals surface area contributed by atoms with Crippen molar-refractivity contribution in [2.45, 2.75) is 13.8 Å². The lowest BCUT2D eigenvalue weighted by molar-refractivity contribution is 0.672. The normalized spacial score (nSPS) is 11.6. The average Bonchev–Trinajstić information content (AvgIpc) is 2.94. The first-order chi connectivity index (χ1) is 11.2. The summed E-state index contributed by atoms with van der Waals surface area (Å²) in [5.74, 6) is 0.600. The lowest BCUT2D eigenvalue weighted by Crippen LogP contribution is -2.26. The Morgan fingerprint density at radius 3 is 2.65 bits per heavy atom. The third-order valence-corrected chi connectivity index (χ3v) is 4.27. The van der Waals surface area contributed by atoms with Gasteiger partial charge in [-0.05, 0) is 32.0 Å². The van der Waals surface area contributed by atoms with E-state index >= 15 is 0 Å². The third-order valence-electron chi connectivity index (χ3n) is 4.27. The Hall–Kier alpha value is -2.82. The average molecular weight is 307 g/mol. The molecule has 4 rings (SSSR count). The lowest BCUT2D eigenvalue weighted by Gasteiger charge is -2.19. The van der Waals surface area contributed by atoms with Gasteiger partial charge in [-0.25, -0.2) is 4.98 Å². The lowest BCUT2D eigenvalue weighted by atomic mass is 10.1. The number of rotatable bonds is 3. The number of aromatic amines is 1. The van der Waals surface area contributed by atoms with Crippen LogP contribution in [0.25, 0.3) is 32.8 Å². The van der Waals surface area contributed by atoms with Gasteiger partial charge in [-0.15, -0.1) is 0 Å². The molecule has 2 aromatic carbocycles. The zero-order chi connectivity index (χ0) is 16.0. The van der Waals surface area contributed by atoms with Gasteiger partial charge < -0.3 is 9.32 Å². The minimum atomic E-state index is -0.165. The van der Waals surface area contributed by atoms with E-state index in [4.69, 9.17) is 4.42 Å². The van der Waals surface area contributed by atoms with Crippen molar-refractivity contribution in [3.05, 3.63) is 46.8 Å². The van der Waals surface area contributed by atoms with E-state index < -0.39 is 0 Å². The fourth-order valence-corrected chi connectivity index (χ4v) is 3.07. The Labute approximate surface area is 132 Å². The zero-order valence-electron chi connectivity index (χ0n) is 13.1. The first-order valence-corrected chi connectivity index (χ1v) is 7.82. The maximum atomic E-state index is 12.6. The van der Waals surface area contributed by atoms with Crippen LogP contribution in [0.1, 0.15) is 13.8 Å². The molecule has 5 heteroatoms. The van der Waals surface area contributed by atoms with E-state index in [2.05, 4.69) is 9.97 Å². The first-order valence-electron chi connectivity index (χ1n) is 7.82. The molecule has 0 aliphatic heterocycles. The molecule has 23 heavy (non-hydrogen) atoms. The highest BCUT2D eigenvalue weighted by molar-refractivity contribution is 6.14. The van der Waals surface area contributed by atoms with Crippen LogP contribution >= 0.6 is 0 Å². The van der Waals surface area contributed by atoms with Gasteiger partial charge in [0.25, 0.3) is 5.56 Å². The summed E-state index contributed by atoms with van der Waals surface area (Å²) in [5, 5.41) is 2.46. The van der Waals surface area contributed by atoms with Gasteiger partial charge in [0.05, 0.1) is 5.52 Å². The van der Waals surface area contributed by atoms with E-state index in [0.717, 1.165) is 29.4 Å². The van der Waals surface area contributed by atoms with Crippen molar-refractivity contribution in [3.8, 4) is 0 Å². The van der Waals surface area contributed by atoms with Crippen molar-refractivity contribution in [3.63, 3.8) is 0 Å². The maximum absolute atomic E-state index is 12.6. The summed E-state index contributed by atoms with van der Waals surface area (Å²) in [5.41, 5.74) is 1.87. The highest BCUT2D eigenvalue weighted by Crippen LogP contribution is 2.32. The summed E-state index contributed by atoms with van der Waals surface area (Å²) >= 11 is 0. The van der Waals surface area contributed by atoms with Crippen LogP contribution in [0.15, 0.2) is 45.6 Å². The second kappa shape index (κ2) is 5.12. The van der Waals surface area contributed by atoms with Crippen LogP contribution in [0, 0.1) is 0 Å². The van der Waals surface area contributed by atoms with Gasteiger partial charge in [0.1, 0.15) is 16.6 Å². The van der Waals surface area contributed by atoms with Gasteiger partial charge >= 0.3 is 0 Å². The number of benzene rings is 2. The molecule has 0 saturated carbocycles. The van der Waals surface area contributed by atoms with Crippen molar-refractivity contribution in [2.24, 2.45) is 0 Å². The second-order valence-corrected chi connectivity index (χ2v) is 5.50. The Balaban J connectivity index is 2.09. The van der Waals surface area contributed by atoms with Crippen LogP contribution in [0.2, 0.25) is 0 Å². The molecule has 0 unspecified atom stereocenters. The van der Waals surface area contributed by atoms with E-state index in [1.54, 1.807) is 0 Å². The van der Waals surface area contributed by atoms with Gasteiger partial charge in [-0.1, -0.05) is 18.2 Å². The molecule has 0 fully saturated rings. The molecular weight excluding hydrogens is 290 g/mol. The smallest absolute Gasteiger partial charge is 0.263 e. The van der Waals surface area contributed by atoms with Crippen LogP contribution < -0.4 is 10.5 Å². The molecule has 2 heterocycles.